The number of anilines is 1. The summed E-state index contributed by atoms with van der Waals surface area (Å²) in [5.74, 6) is -0.388. The van der Waals surface area contributed by atoms with Crippen LogP contribution in [-0.2, 0) is 0 Å². The molecule has 1 heterocycles. The van der Waals surface area contributed by atoms with Crippen molar-refractivity contribution >= 4 is 28.6 Å². The number of benzene rings is 1. The molecule has 0 fully saturated rings. The van der Waals surface area contributed by atoms with Crippen LogP contribution in [0.25, 0.3) is 10.4 Å². The SMILES string of the molecule is Cc1c(-c2ccc(F)cc2Cl)sc(C#N)c1N. The van der Waals surface area contributed by atoms with Crippen LogP contribution in [0.15, 0.2) is 18.2 Å². The number of nitrogen functional groups attached to an aromatic ring is 1. The number of halogens is 2. The summed E-state index contributed by atoms with van der Waals surface area (Å²) in [4.78, 5) is 1.27. The van der Waals surface area contributed by atoms with Gasteiger partial charge in [-0.05, 0) is 30.7 Å². The van der Waals surface area contributed by atoms with Crippen molar-refractivity contribution in [2.24, 2.45) is 0 Å². The molecule has 5 heteroatoms. The molecule has 0 aliphatic carbocycles. The molecule has 0 bridgehead atoms. The van der Waals surface area contributed by atoms with Crippen molar-refractivity contribution < 1.29 is 4.39 Å². The summed E-state index contributed by atoms with van der Waals surface area (Å²) < 4.78 is 13.0. The third-order valence-corrected chi connectivity index (χ3v) is 4.03. The molecule has 2 rings (SSSR count). The van der Waals surface area contributed by atoms with E-state index in [2.05, 4.69) is 0 Å². The van der Waals surface area contributed by atoms with Gasteiger partial charge < -0.3 is 5.73 Å². The molecule has 0 radical (unpaired) electrons. The van der Waals surface area contributed by atoms with Crippen LogP contribution < -0.4 is 5.73 Å². The van der Waals surface area contributed by atoms with E-state index in [1.807, 2.05) is 13.0 Å². The number of nitriles is 1. The second kappa shape index (κ2) is 4.36. The first kappa shape index (κ1) is 11.9. The molecule has 86 valence electrons. The lowest BCUT2D eigenvalue weighted by molar-refractivity contribution is 0.628. The molecule has 0 unspecified atom stereocenters. The lowest BCUT2D eigenvalue weighted by Gasteiger charge is -2.03. The highest BCUT2D eigenvalue weighted by atomic mass is 35.5. The van der Waals surface area contributed by atoms with Gasteiger partial charge in [0.25, 0.3) is 0 Å². The third-order valence-electron chi connectivity index (χ3n) is 2.47. The second-order valence-corrected chi connectivity index (χ2v) is 4.96. The molecular weight excluding hydrogens is 259 g/mol. The number of nitrogens with two attached hydrogens (primary N) is 1. The lowest BCUT2D eigenvalue weighted by Crippen LogP contribution is -1.88. The molecule has 0 aliphatic rings. The fourth-order valence-corrected chi connectivity index (χ4v) is 2.92. The van der Waals surface area contributed by atoms with Gasteiger partial charge in [-0.2, -0.15) is 5.26 Å². The smallest absolute Gasteiger partial charge is 0.128 e. The highest BCUT2D eigenvalue weighted by Crippen LogP contribution is 2.40. The van der Waals surface area contributed by atoms with Crippen molar-refractivity contribution in [1.29, 1.82) is 5.26 Å². The van der Waals surface area contributed by atoms with Crippen molar-refractivity contribution in [2.75, 3.05) is 5.73 Å². The molecule has 0 saturated carbocycles. The monoisotopic (exact) mass is 266 g/mol. The van der Waals surface area contributed by atoms with Gasteiger partial charge >= 0.3 is 0 Å². The van der Waals surface area contributed by atoms with Crippen LogP contribution in [0.4, 0.5) is 10.1 Å². The topological polar surface area (TPSA) is 49.8 Å². The van der Waals surface area contributed by atoms with Crippen molar-refractivity contribution in [3.05, 3.63) is 39.5 Å². The van der Waals surface area contributed by atoms with E-state index >= 15 is 0 Å². The van der Waals surface area contributed by atoms with Gasteiger partial charge in [0.2, 0.25) is 0 Å². The van der Waals surface area contributed by atoms with E-state index in [-0.39, 0.29) is 5.82 Å². The Morgan fingerprint density at radius 1 is 1.47 bits per heavy atom. The van der Waals surface area contributed by atoms with E-state index < -0.39 is 0 Å². The van der Waals surface area contributed by atoms with Crippen LogP contribution in [0, 0.1) is 24.1 Å². The fraction of sp³-hybridized carbons (Fsp3) is 0.0833. The predicted molar refractivity (Wildman–Crippen MR) is 68.6 cm³/mol. The molecule has 0 aliphatic heterocycles. The van der Waals surface area contributed by atoms with Gasteiger partial charge in [-0.1, -0.05) is 11.6 Å². The van der Waals surface area contributed by atoms with Gasteiger partial charge in [-0.3, -0.25) is 0 Å². The molecule has 2 N–H and O–H groups in total. The lowest BCUT2D eigenvalue weighted by atomic mass is 10.1. The van der Waals surface area contributed by atoms with E-state index in [0.717, 1.165) is 10.4 Å². The Morgan fingerprint density at radius 3 is 2.71 bits per heavy atom. The third kappa shape index (κ3) is 1.99. The molecule has 0 spiro atoms. The molecule has 0 amide bonds. The maximum Gasteiger partial charge on any atom is 0.128 e. The Morgan fingerprint density at radius 2 is 2.18 bits per heavy atom. The second-order valence-electron chi connectivity index (χ2n) is 3.53. The Bertz CT molecular complexity index is 628. The van der Waals surface area contributed by atoms with Gasteiger partial charge in [0.1, 0.15) is 16.8 Å². The van der Waals surface area contributed by atoms with Gasteiger partial charge in [0.05, 0.1) is 10.7 Å². The van der Waals surface area contributed by atoms with E-state index in [4.69, 9.17) is 22.6 Å². The molecule has 2 nitrogen and oxygen atoms in total. The van der Waals surface area contributed by atoms with Crippen LogP contribution in [0.3, 0.4) is 0 Å². The van der Waals surface area contributed by atoms with E-state index in [1.54, 1.807) is 6.07 Å². The number of hydrogen-bond donors (Lipinski definition) is 1. The standard InChI is InChI=1S/C12H8ClFN2S/c1-6-11(16)10(5-15)17-12(6)8-3-2-7(14)4-9(8)13/h2-4H,16H2,1H3. The zero-order valence-corrected chi connectivity index (χ0v) is 10.5. The summed E-state index contributed by atoms with van der Waals surface area (Å²) in [6.07, 6.45) is 0. The highest BCUT2D eigenvalue weighted by Gasteiger charge is 2.15. The first-order chi connectivity index (χ1) is 8.04. The number of nitrogens with zero attached hydrogens (tertiary/aromatic N) is 1. The number of hydrogen-bond acceptors (Lipinski definition) is 3. The summed E-state index contributed by atoms with van der Waals surface area (Å²) in [7, 11) is 0. The van der Waals surface area contributed by atoms with Crippen LogP contribution in [0.1, 0.15) is 10.4 Å². The highest BCUT2D eigenvalue weighted by molar-refractivity contribution is 7.16. The minimum Gasteiger partial charge on any atom is -0.397 e. The molecule has 2 aromatic rings. The summed E-state index contributed by atoms with van der Waals surface area (Å²) in [5.41, 5.74) is 7.77. The van der Waals surface area contributed by atoms with E-state index in [9.17, 15) is 4.39 Å². The molecule has 1 aromatic carbocycles. The Hall–Kier alpha value is -1.57. The molecule has 0 saturated heterocycles. The summed E-state index contributed by atoms with van der Waals surface area (Å²) >= 11 is 7.25. The molecule has 17 heavy (non-hydrogen) atoms. The maximum atomic E-state index is 13.0. The number of rotatable bonds is 1. The fourth-order valence-electron chi connectivity index (χ4n) is 1.54. The van der Waals surface area contributed by atoms with Crippen LogP contribution >= 0.6 is 22.9 Å². The average Bonchev–Trinajstić information content (AvgIpc) is 2.57. The van der Waals surface area contributed by atoms with Crippen molar-refractivity contribution in [2.45, 2.75) is 6.92 Å². The zero-order chi connectivity index (χ0) is 12.6. The van der Waals surface area contributed by atoms with E-state index in [1.165, 1.54) is 23.5 Å². The largest absolute Gasteiger partial charge is 0.397 e. The Labute approximate surface area is 107 Å². The van der Waals surface area contributed by atoms with Crippen molar-refractivity contribution in [1.82, 2.24) is 0 Å². The quantitative estimate of drug-likeness (QED) is 0.849. The molecule has 1 aromatic heterocycles. The Balaban J connectivity index is 2.65. The van der Waals surface area contributed by atoms with Gasteiger partial charge in [0, 0.05) is 10.4 Å². The molecule has 0 atom stereocenters. The minimum absolute atomic E-state index is 0.318. The normalized spacial score (nSPS) is 10.2. The average molecular weight is 267 g/mol. The first-order valence-electron chi connectivity index (χ1n) is 4.79. The Kier molecular flexibility index (Phi) is 3.05. The van der Waals surface area contributed by atoms with Crippen LogP contribution in [0.5, 0.6) is 0 Å². The van der Waals surface area contributed by atoms with Crippen LogP contribution in [-0.4, -0.2) is 0 Å². The summed E-state index contributed by atoms with van der Waals surface area (Å²) in [6.45, 7) is 1.82. The summed E-state index contributed by atoms with van der Waals surface area (Å²) in [5, 5.41) is 9.22. The van der Waals surface area contributed by atoms with Crippen molar-refractivity contribution in [3.8, 4) is 16.5 Å². The minimum atomic E-state index is -0.388. The van der Waals surface area contributed by atoms with Crippen LogP contribution in [0.2, 0.25) is 5.02 Å². The summed E-state index contributed by atoms with van der Waals surface area (Å²) in [6, 6.07) is 6.21. The van der Waals surface area contributed by atoms with Gasteiger partial charge in [-0.15, -0.1) is 11.3 Å². The zero-order valence-electron chi connectivity index (χ0n) is 8.92. The van der Waals surface area contributed by atoms with Gasteiger partial charge in [0.15, 0.2) is 0 Å². The predicted octanol–water partition coefficient (Wildman–Crippen LogP) is 3.97. The maximum absolute atomic E-state index is 13.0. The van der Waals surface area contributed by atoms with Crippen molar-refractivity contribution in [3.63, 3.8) is 0 Å². The molecular formula is C12H8ClFN2S. The number of thiophene rings is 1. The van der Waals surface area contributed by atoms with E-state index in [0.29, 0.717) is 21.2 Å². The van der Waals surface area contributed by atoms with Gasteiger partial charge in [-0.25, -0.2) is 4.39 Å². The first-order valence-corrected chi connectivity index (χ1v) is 5.98.